The van der Waals surface area contributed by atoms with Crippen molar-refractivity contribution in [1.82, 2.24) is 10.2 Å². The maximum Gasteiger partial charge on any atom is 0.244 e. The van der Waals surface area contributed by atoms with Crippen molar-refractivity contribution in [3.8, 4) is 23.4 Å². The number of aromatic nitrogens is 2. The lowest BCUT2D eigenvalue weighted by molar-refractivity contribution is 0.378. The summed E-state index contributed by atoms with van der Waals surface area (Å²) in [5.74, 6) is -0.682. The van der Waals surface area contributed by atoms with E-state index in [9.17, 15) is 15.5 Å². The van der Waals surface area contributed by atoms with Gasteiger partial charge < -0.3 is 20.7 Å². The number of fused-ring (bicyclic) bond motifs is 1. The van der Waals surface area contributed by atoms with Crippen molar-refractivity contribution >= 4 is 0 Å². The van der Waals surface area contributed by atoms with Gasteiger partial charge >= 0.3 is 0 Å². The molecule has 0 amide bonds. The van der Waals surface area contributed by atoms with Crippen molar-refractivity contribution in [2.24, 2.45) is 5.73 Å². The molecule has 1 aromatic heterocycles. The molecule has 0 fully saturated rings. The lowest BCUT2D eigenvalue weighted by Gasteiger charge is -2.24. The van der Waals surface area contributed by atoms with Gasteiger partial charge in [0.1, 0.15) is 11.6 Å². The largest absolute Gasteiger partial charge is 0.504 e. The third-order valence-corrected chi connectivity index (χ3v) is 3.70. The third-order valence-electron chi connectivity index (χ3n) is 3.70. The van der Waals surface area contributed by atoms with E-state index < -0.39 is 5.92 Å². The summed E-state index contributed by atoms with van der Waals surface area (Å²) >= 11 is 0. The molecule has 1 aliphatic rings. The molecule has 0 saturated carbocycles. The predicted molar refractivity (Wildman–Crippen MR) is 77.0 cm³/mol. The molecule has 1 unspecified atom stereocenters. The van der Waals surface area contributed by atoms with Crippen molar-refractivity contribution in [2.75, 3.05) is 0 Å². The van der Waals surface area contributed by atoms with Crippen LogP contribution in [0.25, 0.3) is 0 Å². The molecule has 1 aromatic carbocycles. The van der Waals surface area contributed by atoms with Crippen molar-refractivity contribution in [1.29, 1.82) is 5.26 Å². The van der Waals surface area contributed by atoms with Crippen LogP contribution in [0.5, 0.6) is 17.4 Å². The fourth-order valence-electron chi connectivity index (χ4n) is 2.63. The minimum Gasteiger partial charge on any atom is -0.504 e. The summed E-state index contributed by atoms with van der Waals surface area (Å²) in [4.78, 5) is 0. The SMILES string of the molecule is CCc1[nH]nc2c1C(c1ccc(O)c(O)c1)C(C#N)=C(N)O2. The van der Waals surface area contributed by atoms with Crippen LogP contribution in [0.2, 0.25) is 0 Å². The molecule has 7 heteroatoms. The number of hydrogen-bond donors (Lipinski definition) is 4. The number of nitrogens with two attached hydrogens (primary N) is 1. The van der Waals surface area contributed by atoms with Gasteiger partial charge in [-0.25, -0.2) is 0 Å². The van der Waals surface area contributed by atoms with Crippen LogP contribution in [0.3, 0.4) is 0 Å². The van der Waals surface area contributed by atoms with E-state index in [1.807, 2.05) is 6.92 Å². The Morgan fingerprint density at radius 3 is 2.82 bits per heavy atom. The second kappa shape index (κ2) is 5.00. The van der Waals surface area contributed by atoms with E-state index in [0.29, 0.717) is 17.9 Å². The monoisotopic (exact) mass is 298 g/mol. The molecule has 5 N–H and O–H groups in total. The highest BCUT2D eigenvalue weighted by atomic mass is 16.5. The lowest BCUT2D eigenvalue weighted by atomic mass is 9.83. The number of nitriles is 1. The zero-order valence-corrected chi connectivity index (χ0v) is 11.8. The number of nitrogens with one attached hydrogen (secondary N) is 1. The minimum absolute atomic E-state index is 0.0123. The number of phenolic OH excluding ortho intramolecular Hbond substituents is 2. The van der Waals surface area contributed by atoms with Gasteiger partial charge in [0, 0.05) is 11.3 Å². The Labute approximate surface area is 126 Å². The first-order valence-electron chi connectivity index (χ1n) is 6.73. The molecular weight excluding hydrogens is 284 g/mol. The number of H-pyrrole nitrogens is 1. The summed E-state index contributed by atoms with van der Waals surface area (Å²) in [6.45, 7) is 1.95. The van der Waals surface area contributed by atoms with Gasteiger partial charge in [-0.05, 0) is 24.1 Å². The van der Waals surface area contributed by atoms with E-state index in [-0.39, 0.29) is 23.0 Å². The molecule has 2 heterocycles. The number of aromatic amines is 1. The van der Waals surface area contributed by atoms with Crippen molar-refractivity contribution in [2.45, 2.75) is 19.3 Å². The van der Waals surface area contributed by atoms with Crippen LogP contribution in [-0.4, -0.2) is 20.4 Å². The Hall–Kier alpha value is -3.14. The number of aromatic hydroxyl groups is 2. The number of rotatable bonds is 2. The quantitative estimate of drug-likeness (QED) is 0.623. The van der Waals surface area contributed by atoms with Crippen LogP contribution >= 0.6 is 0 Å². The van der Waals surface area contributed by atoms with Gasteiger partial charge in [-0.3, -0.25) is 5.10 Å². The van der Waals surface area contributed by atoms with E-state index in [4.69, 9.17) is 10.5 Å². The van der Waals surface area contributed by atoms with Crippen LogP contribution in [0.1, 0.15) is 29.7 Å². The van der Waals surface area contributed by atoms with Gasteiger partial charge in [0.25, 0.3) is 0 Å². The highest BCUT2D eigenvalue weighted by Gasteiger charge is 2.35. The fourth-order valence-corrected chi connectivity index (χ4v) is 2.63. The summed E-state index contributed by atoms with van der Waals surface area (Å²) in [7, 11) is 0. The Kier molecular flexibility index (Phi) is 3.14. The summed E-state index contributed by atoms with van der Waals surface area (Å²) < 4.78 is 5.40. The van der Waals surface area contributed by atoms with Gasteiger partial charge in [-0.2, -0.15) is 5.26 Å². The van der Waals surface area contributed by atoms with Crippen LogP contribution in [0, 0.1) is 11.3 Å². The van der Waals surface area contributed by atoms with Gasteiger partial charge in [-0.15, -0.1) is 5.10 Å². The molecule has 1 atom stereocenters. The third kappa shape index (κ3) is 1.93. The molecule has 3 rings (SSSR count). The lowest BCUT2D eigenvalue weighted by Crippen LogP contribution is -2.21. The average Bonchev–Trinajstić information content (AvgIpc) is 2.91. The van der Waals surface area contributed by atoms with E-state index in [1.54, 1.807) is 6.07 Å². The molecule has 0 saturated heterocycles. The maximum atomic E-state index is 9.75. The standard InChI is InChI=1S/C15H14N4O3/c1-2-9-13-12(7-3-4-10(20)11(21)5-7)8(6-16)14(17)22-15(13)19-18-9/h3-5,12,20-21H,2,17H2,1H3,(H,18,19). The molecule has 0 spiro atoms. The summed E-state index contributed by atoms with van der Waals surface area (Å²) in [6, 6.07) is 6.47. The molecule has 0 radical (unpaired) electrons. The molecule has 2 aromatic rings. The second-order valence-corrected chi connectivity index (χ2v) is 4.95. The number of benzene rings is 1. The van der Waals surface area contributed by atoms with E-state index in [2.05, 4.69) is 16.3 Å². The van der Waals surface area contributed by atoms with Crippen LogP contribution < -0.4 is 10.5 Å². The Balaban J connectivity index is 2.24. The van der Waals surface area contributed by atoms with Gasteiger partial charge in [0.2, 0.25) is 11.8 Å². The van der Waals surface area contributed by atoms with Crippen LogP contribution in [0.4, 0.5) is 0 Å². The van der Waals surface area contributed by atoms with Crippen molar-refractivity contribution < 1.29 is 14.9 Å². The summed E-state index contributed by atoms with van der Waals surface area (Å²) in [5.41, 5.74) is 8.23. The molecule has 0 bridgehead atoms. The van der Waals surface area contributed by atoms with Crippen molar-refractivity contribution in [3.63, 3.8) is 0 Å². The number of ether oxygens (including phenoxy) is 1. The molecule has 0 aliphatic carbocycles. The topological polar surface area (TPSA) is 128 Å². The molecule has 1 aliphatic heterocycles. The van der Waals surface area contributed by atoms with E-state index >= 15 is 0 Å². The van der Waals surface area contributed by atoms with Crippen LogP contribution in [-0.2, 0) is 6.42 Å². The smallest absolute Gasteiger partial charge is 0.244 e. The zero-order valence-electron chi connectivity index (χ0n) is 11.8. The van der Waals surface area contributed by atoms with E-state index in [1.165, 1.54) is 12.1 Å². The van der Waals surface area contributed by atoms with Crippen molar-refractivity contribution in [3.05, 3.63) is 46.5 Å². The number of allylic oxidation sites excluding steroid dienone is 1. The maximum absolute atomic E-state index is 9.75. The number of hydrogen-bond acceptors (Lipinski definition) is 6. The average molecular weight is 298 g/mol. The first kappa shape index (κ1) is 13.8. The van der Waals surface area contributed by atoms with E-state index in [0.717, 1.165) is 11.3 Å². The van der Waals surface area contributed by atoms with Gasteiger partial charge in [0.05, 0.1) is 5.92 Å². The normalized spacial score (nSPS) is 16.8. The first-order chi connectivity index (χ1) is 10.6. The Morgan fingerprint density at radius 2 is 2.18 bits per heavy atom. The summed E-state index contributed by atoms with van der Waals surface area (Å²) in [6.07, 6.45) is 0.672. The Bertz CT molecular complexity index is 817. The molecule has 7 nitrogen and oxygen atoms in total. The summed E-state index contributed by atoms with van der Waals surface area (Å²) in [5, 5.41) is 35.6. The predicted octanol–water partition coefficient (Wildman–Crippen LogP) is 1.60. The van der Waals surface area contributed by atoms with Crippen LogP contribution in [0.15, 0.2) is 29.7 Å². The van der Waals surface area contributed by atoms with Gasteiger partial charge in [-0.1, -0.05) is 13.0 Å². The first-order valence-corrected chi connectivity index (χ1v) is 6.73. The van der Waals surface area contributed by atoms with Gasteiger partial charge in [0.15, 0.2) is 11.5 Å². The second-order valence-electron chi connectivity index (χ2n) is 4.95. The fraction of sp³-hybridized carbons (Fsp3) is 0.200. The highest BCUT2D eigenvalue weighted by molar-refractivity contribution is 5.57. The molecule has 112 valence electrons. The Morgan fingerprint density at radius 1 is 1.41 bits per heavy atom. The number of nitrogens with zero attached hydrogens (tertiary/aromatic N) is 2. The number of aryl methyl sites for hydroxylation is 1. The minimum atomic E-state index is -0.506. The highest BCUT2D eigenvalue weighted by Crippen LogP contribution is 2.44. The molecular formula is C15H14N4O3. The number of phenols is 2. The molecule has 22 heavy (non-hydrogen) atoms. The zero-order chi connectivity index (χ0) is 15.9.